The van der Waals surface area contributed by atoms with Crippen molar-refractivity contribution < 1.29 is 72.7 Å². The van der Waals surface area contributed by atoms with E-state index in [1.54, 1.807) is 15.2 Å². The van der Waals surface area contributed by atoms with Gasteiger partial charge in [0.1, 0.15) is 0 Å². The topological polar surface area (TPSA) is 44.4 Å². The number of benzene rings is 23. The third-order valence-corrected chi connectivity index (χ3v) is 27.3. The van der Waals surface area contributed by atoms with Gasteiger partial charge in [-0.3, -0.25) is 0 Å². The van der Waals surface area contributed by atoms with Crippen LogP contribution in [0.3, 0.4) is 0 Å². The Hall–Kier alpha value is -19.7. The van der Waals surface area contributed by atoms with Crippen molar-refractivity contribution >= 4 is 196 Å². The summed E-state index contributed by atoms with van der Waals surface area (Å²) in [5.74, 6) is 0. The fraction of sp³-hybridized carbons (Fsp3) is 0.0143. The van der Waals surface area contributed by atoms with Crippen LogP contribution in [0.15, 0.2) is 527 Å². The second-order valence-corrected chi connectivity index (χ2v) is 35.4. The summed E-state index contributed by atoms with van der Waals surface area (Å²) in [5.41, 5.74) is 1.12. The zero-order valence-electron chi connectivity index (χ0n) is 131. The quantitative estimate of drug-likeness (QED) is 0.124. The number of hydrogen-bond donors (Lipinski definition) is 0. The van der Waals surface area contributed by atoms with E-state index in [0.717, 1.165) is 90.4 Å². The molecule has 149 heavy (non-hydrogen) atoms. The molecule has 0 atom stereocenters. The Labute approximate surface area is 931 Å². The zero-order chi connectivity index (χ0) is 144. The minimum atomic E-state index is -0.962. The van der Waals surface area contributed by atoms with Crippen molar-refractivity contribution in [1.29, 1.82) is 0 Å². The number of para-hydroxylation sites is 12. The van der Waals surface area contributed by atoms with Gasteiger partial charge in [0.2, 0.25) is 0 Å². The van der Waals surface area contributed by atoms with Gasteiger partial charge in [-0.2, -0.15) is 0 Å². The molecule has 23 aromatic carbocycles. The van der Waals surface area contributed by atoms with Gasteiger partial charge in [-0.05, 0) is 260 Å². The molecule has 0 aliphatic carbocycles. The van der Waals surface area contributed by atoms with Crippen LogP contribution in [0, 0.1) is 13.8 Å². The Morgan fingerprint density at radius 3 is 0.899 bits per heavy atom. The number of fused-ring (bicyclic) bond motifs is 30. The van der Waals surface area contributed by atoms with Crippen LogP contribution in [-0.4, -0.2) is 41.1 Å². The molecule has 0 radical (unpaired) electrons. The highest BCUT2D eigenvalue weighted by molar-refractivity contribution is 6.33. The molecule has 0 fully saturated rings. The Morgan fingerprint density at radius 2 is 0.436 bits per heavy atom. The number of rotatable bonds is 11. The summed E-state index contributed by atoms with van der Waals surface area (Å²) >= 11 is 0. The highest BCUT2D eigenvalue weighted by Gasteiger charge is 2.28. The summed E-state index contributed by atoms with van der Waals surface area (Å²) in [6, 6.07) is 29.2. The second-order valence-electron chi connectivity index (χ2n) is 35.4. The van der Waals surface area contributed by atoms with Gasteiger partial charge in [0.05, 0.1) is 172 Å². The molecular formula is C140H93N9. The number of hydrogen-bond acceptors (Lipinski definition) is 0. The molecule has 698 valence electrons. The standard InChI is InChI=1S/C49H33N3.C48H31N3.C43H29N3/c1-32-12-11-13-34(30-32)33-22-24-36(25-23-33)51-43-20-9-6-17-39(43)48-46(51)28-29-47-49(48)40-18-7-10-21-44(40)52(47)37-26-27-45-41(31-37)38-16-5-8-19-42(38)50(45)35-14-3-2-4-15-35;1-3-13-32(14-4-1)33-23-25-35(26-24-33)50-42-21-11-8-18-38(42)47-45(50)29-30-46-48(47)39-19-9-12-22-43(39)51(46)36-27-28-44-40(31-36)37-17-7-10-20-41(37)49(44)34-15-5-2-6-16-34;1-28-12-11-15-30(26-28)45-37-20-9-6-17-33(37)42-40(45)24-25-41-43(42)34-18-7-10-21-38(34)46(41)31-22-23-39-35(27-31)32-16-5-8-19-36(32)44(39)29-13-3-2-4-14-29/h2-31H,1H3;1-31H;2-27H,1H3/i6D,7D,9D,10D,11D,12D,13D,17D,18D,20D,21D,22D,23D,24D,25D,28D,29D,30D;8D,9D,11D,12D,18D,19D,21D,22D,29D,30D;2D,3D,4D,6D,7D,8D,9D,10D,11D,12D,13D,14D,15D,16D,17D,18D,19D,20D,21D,22D,23D,24D,25D,26D,27D. The van der Waals surface area contributed by atoms with Crippen LogP contribution in [0.2, 0.25) is 0 Å². The molecule has 0 aliphatic heterocycles. The Balaban J connectivity index is 0.000000128. The maximum Gasteiger partial charge on any atom is 0.0652 e. The molecule has 9 nitrogen and oxygen atoms in total. The third kappa shape index (κ3) is 13.2. The van der Waals surface area contributed by atoms with Crippen molar-refractivity contribution in [2.24, 2.45) is 0 Å². The van der Waals surface area contributed by atoms with Crippen molar-refractivity contribution in [1.82, 2.24) is 41.1 Å². The van der Waals surface area contributed by atoms with E-state index in [0.29, 0.717) is 17.1 Å². The van der Waals surface area contributed by atoms with E-state index in [1.807, 2.05) is 194 Å². The Kier molecular flexibility index (Phi) is 10.9. The minimum absolute atomic E-state index is 0.0443. The van der Waals surface area contributed by atoms with Gasteiger partial charge in [0.25, 0.3) is 0 Å². The van der Waals surface area contributed by atoms with Gasteiger partial charge in [0, 0.05) is 148 Å². The van der Waals surface area contributed by atoms with E-state index in [-0.39, 0.29) is 140 Å². The first kappa shape index (κ1) is 47.6. The van der Waals surface area contributed by atoms with Crippen LogP contribution < -0.4 is 0 Å². The highest BCUT2D eigenvalue weighted by atomic mass is 15.1. The number of aromatic nitrogens is 9. The smallest absolute Gasteiger partial charge is 0.0652 e. The average molecular weight is 1950 g/mol. The Bertz CT molecular complexity index is 14500. The van der Waals surface area contributed by atoms with Crippen molar-refractivity contribution in [3.8, 4) is 73.4 Å². The van der Waals surface area contributed by atoms with Gasteiger partial charge in [-0.15, -0.1) is 0 Å². The van der Waals surface area contributed by atoms with Crippen LogP contribution in [0.4, 0.5) is 0 Å². The fourth-order valence-corrected chi connectivity index (χ4v) is 21.2. The number of nitrogens with zero attached hydrogens (tertiary/aromatic N) is 9. The van der Waals surface area contributed by atoms with Crippen molar-refractivity contribution in [2.45, 2.75) is 13.8 Å². The van der Waals surface area contributed by atoms with E-state index < -0.39 is 378 Å². The van der Waals surface area contributed by atoms with E-state index in [1.165, 1.54) is 18.4 Å². The van der Waals surface area contributed by atoms with Crippen molar-refractivity contribution in [3.63, 3.8) is 0 Å². The summed E-state index contributed by atoms with van der Waals surface area (Å²) in [7, 11) is 0. The maximum atomic E-state index is 9.98. The van der Waals surface area contributed by atoms with Gasteiger partial charge in [0.15, 0.2) is 0 Å². The first-order chi connectivity index (χ1) is 95.9. The van der Waals surface area contributed by atoms with E-state index in [9.17, 15) is 34.3 Å². The lowest BCUT2D eigenvalue weighted by Crippen LogP contribution is -1.96. The zero-order valence-corrected chi connectivity index (χ0v) is 77.7. The van der Waals surface area contributed by atoms with Gasteiger partial charge in [-0.1, -0.05) is 314 Å². The molecule has 32 aromatic rings. The van der Waals surface area contributed by atoms with Crippen molar-refractivity contribution in [2.75, 3.05) is 0 Å². The molecular weight excluding hydrogens is 1810 g/mol. The molecule has 0 N–H and O–H groups in total. The Morgan fingerprint density at radius 1 is 0.134 bits per heavy atom. The van der Waals surface area contributed by atoms with Crippen LogP contribution in [0.5, 0.6) is 0 Å². The molecule has 0 amide bonds. The van der Waals surface area contributed by atoms with Crippen LogP contribution in [0.1, 0.15) is 83.8 Å². The molecule has 0 spiro atoms. The molecule has 0 bridgehead atoms. The summed E-state index contributed by atoms with van der Waals surface area (Å²) in [5, 5.41) is 0.661. The molecule has 0 unspecified atom stereocenters. The molecule has 9 heteroatoms. The molecule has 0 saturated carbocycles. The van der Waals surface area contributed by atoms with Crippen LogP contribution in [0.25, 0.3) is 270 Å². The normalized spacial score (nSPS) is 16.9. The summed E-state index contributed by atoms with van der Waals surface area (Å²) in [6.45, 7) is 2.67. The molecule has 0 aliphatic rings. The molecule has 0 saturated heterocycles. The fourth-order valence-electron chi connectivity index (χ4n) is 21.2. The average Bonchev–Trinajstić information content (AvgIpc) is 1.50. The van der Waals surface area contributed by atoms with Gasteiger partial charge in [-0.25, -0.2) is 0 Å². The minimum Gasteiger partial charge on any atom is -0.309 e. The monoisotopic (exact) mass is 1950 g/mol. The predicted molar refractivity (Wildman–Crippen MR) is 629 cm³/mol. The summed E-state index contributed by atoms with van der Waals surface area (Å²) < 4.78 is 495. The molecule has 9 heterocycles. The summed E-state index contributed by atoms with van der Waals surface area (Å²) in [4.78, 5) is 0. The predicted octanol–water partition coefficient (Wildman–Crippen LogP) is 36.9. The molecule has 9 aromatic heterocycles. The third-order valence-electron chi connectivity index (χ3n) is 27.3. The lowest BCUT2D eigenvalue weighted by atomic mass is 10.0. The highest BCUT2D eigenvalue weighted by Crippen LogP contribution is 2.50. The van der Waals surface area contributed by atoms with E-state index >= 15 is 0 Å². The van der Waals surface area contributed by atoms with Gasteiger partial charge < -0.3 is 41.1 Å². The SMILES string of the molecule is [2H]c1c([2H])c(C)c([2H])c(-c2c([2H])c([2H])c(-n3c4c([2H])c([2H])c([2H])c([2H])c4c4c5c6c([2H])c([2H])c([2H])c([2H])c6n(-c6ccc7c(c6)c6ccccc6n7-c6ccccc6)c5c([2H])c([2H])c43)c([2H])c2[2H])c1[2H].[2H]c1c([2H])c([2H])c2c(c1[2H])c1c3c4c([2H])c([2H])c([2H])c([2H])c4n(-c4ccc5c(c4)c4ccccc4n5-c4ccccc4)c3c([2H])c([2H])c1n2-c1ccc(-c2ccccc2)cc1.[2H]c1cc([2H])c2c3c([2H])c(-n4c5c([2H])c([2H])c([2H])c([2H])c5c5c6c7c([2H])c([2H])c([2H])c([2H])c7n(-c7c([2H])c([2H])c([2H])c(C)c7[2H])c6c([2H])c([2H])c54)c([2H])c([2H])c3n(-c3c([2H])c([2H])c([2H])c([2H])c3[2H])c2c1[2H]. The lowest BCUT2D eigenvalue weighted by molar-refractivity contribution is 1.16. The van der Waals surface area contributed by atoms with E-state index in [2.05, 4.69) is 9.13 Å². The molecule has 32 rings (SSSR count). The van der Waals surface area contributed by atoms with E-state index in [4.69, 9.17) is 38.4 Å². The van der Waals surface area contributed by atoms with Crippen LogP contribution in [-0.2, 0) is 0 Å². The first-order valence-electron chi connectivity index (χ1n) is 73.5. The summed E-state index contributed by atoms with van der Waals surface area (Å²) in [6.07, 6.45) is 0. The second kappa shape index (κ2) is 34.0. The largest absolute Gasteiger partial charge is 0.309 e. The van der Waals surface area contributed by atoms with Gasteiger partial charge >= 0.3 is 0 Å². The lowest BCUT2D eigenvalue weighted by Gasteiger charge is -2.11. The first-order valence-corrected chi connectivity index (χ1v) is 47.0. The van der Waals surface area contributed by atoms with Crippen LogP contribution >= 0.6 is 0 Å². The maximum absolute atomic E-state index is 9.98. The van der Waals surface area contributed by atoms with Crippen molar-refractivity contribution in [3.05, 3.63) is 538 Å².